The zero-order valence-electron chi connectivity index (χ0n) is 10.7. The summed E-state index contributed by atoms with van der Waals surface area (Å²) in [5, 5.41) is 0.947. The number of fused-ring (bicyclic) bond motifs is 1. The molecular formula is C15H17NO2S. The average molecular weight is 275 g/mol. The molecule has 19 heavy (non-hydrogen) atoms. The largest absolute Gasteiger partial charge is 0.488 e. The van der Waals surface area contributed by atoms with Gasteiger partial charge in [0.25, 0.3) is 0 Å². The Bertz CT molecular complexity index is 599. The van der Waals surface area contributed by atoms with Crippen molar-refractivity contribution in [3.63, 3.8) is 0 Å². The molecule has 1 aliphatic carbocycles. The average Bonchev–Trinajstić information content (AvgIpc) is 3.03. The number of hydrogen-bond donors (Lipinski definition) is 1. The minimum atomic E-state index is 0.248. The van der Waals surface area contributed by atoms with Gasteiger partial charge in [0.1, 0.15) is 10.6 Å². The highest BCUT2D eigenvalue weighted by Gasteiger charge is 2.20. The first-order valence-corrected chi connectivity index (χ1v) is 7.10. The van der Waals surface area contributed by atoms with Gasteiger partial charge in [-0.15, -0.1) is 0 Å². The van der Waals surface area contributed by atoms with E-state index in [9.17, 15) is 0 Å². The predicted molar refractivity (Wildman–Crippen MR) is 79.6 cm³/mol. The molecule has 1 aromatic heterocycles. The number of furan rings is 1. The molecular weight excluding hydrogens is 258 g/mol. The third-order valence-electron chi connectivity index (χ3n) is 3.71. The molecule has 3 rings (SSSR count). The summed E-state index contributed by atoms with van der Waals surface area (Å²) in [5.41, 5.74) is 6.49. The van der Waals surface area contributed by atoms with Crippen LogP contribution < -0.4 is 10.5 Å². The second-order valence-electron chi connectivity index (χ2n) is 5.08. The molecule has 1 heterocycles. The van der Waals surface area contributed by atoms with Crippen LogP contribution in [0.5, 0.6) is 5.75 Å². The highest BCUT2D eigenvalue weighted by molar-refractivity contribution is 7.80. The molecule has 1 aliphatic rings. The van der Waals surface area contributed by atoms with Gasteiger partial charge in [-0.2, -0.15) is 0 Å². The lowest BCUT2D eigenvalue weighted by Crippen LogP contribution is -2.13. The second-order valence-corrected chi connectivity index (χ2v) is 5.52. The van der Waals surface area contributed by atoms with E-state index >= 15 is 0 Å². The van der Waals surface area contributed by atoms with E-state index in [1.807, 2.05) is 24.3 Å². The van der Waals surface area contributed by atoms with Crippen LogP contribution in [-0.4, -0.2) is 11.6 Å². The van der Waals surface area contributed by atoms with Crippen molar-refractivity contribution in [3.8, 4) is 5.75 Å². The second kappa shape index (κ2) is 5.21. The lowest BCUT2D eigenvalue weighted by atomic mass is 10.1. The third-order valence-corrected chi connectivity index (χ3v) is 3.90. The summed E-state index contributed by atoms with van der Waals surface area (Å²) in [7, 11) is 0. The number of thiocarbonyl (C=S) groups is 1. The van der Waals surface area contributed by atoms with Gasteiger partial charge in [0.15, 0.2) is 5.75 Å². The minimum absolute atomic E-state index is 0.248. The number of ether oxygens (including phenoxy) is 1. The van der Waals surface area contributed by atoms with Crippen LogP contribution in [0, 0.1) is 5.92 Å². The molecule has 0 bridgehead atoms. The van der Waals surface area contributed by atoms with Crippen LogP contribution in [0.25, 0.3) is 11.0 Å². The van der Waals surface area contributed by atoms with Crippen LogP contribution >= 0.6 is 12.2 Å². The van der Waals surface area contributed by atoms with Crippen molar-refractivity contribution in [2.45, 2.75) is 25.7 Å². The summed E-state index contributed by atoms with van der Waals surface area (Å²) < 4.78 is 11.7. The highest BCUT2D eigenvalue weighted by Crippen LogP contribution is 2.34. The van der Waals surface area contributed by atoms with E-state index in [1.54, 1.807) is 0 Å². The van der Waals surface area contributed by atoms with Gasteiger partial charge in [0.2, 0.25) is 5.76 Å². The topological polar surface area (TPSA) is 48.4 Å². The van der Waals surface area contributed by atoms with E-state index in [-0.39, 0.29) is 4.99 Å². The number of rotatable bonds is 4. The number of hydrogen-bond acceptors (Lipinski definition) is 3. The summed E-state index contributed by atoms with van der Waals surface area (Å²) in [5.74, 6) is 1.84. The van der Waals surface area contributed by atoms with Gasteiger partial charge < -0.3 is 14.9 Å². The summed E-state index contributed by atoms with van der Waals surface area (Å²) >= 11 is 5.04. The van der Waals surface area contributed by atoms with Crippen LogP contribution in [0.15, 0.2) is 28.7 Å². The van der Waals surface area contributed by atoms with Crippen molar-refractivity contribution < 1.29 is 9.15 Å². The van der Waals surface area contributed by atoms with Gasteiger partial charge in [0.05, 0.1) is 12.0 Å². The molecule has 0 unspecified atom stereocenters. The first-order chi connectivity index (χ1) is 9.25. The van der Waals surface area contributed by atoms with Crippen molar-refractivity contribution in [1.29, 1.82) is 0 Å². The molecule has 2 aromatic rings. The fourth-order valence-electron chi connectivity index (χ4n) is 2.71. The van der Waals surface area contributed by atoms with Crippen LogP contribution in [0.2, 0.25) is 0 Å². The molecule has 100 valence electrons. The molecule has 4 heteroatoms. The SMILES string of the molecule is NC(=S)c1oc2ccccc2c1OCC1CCCC1. The van der Waals surface area contributed by atoms with Crippen molar-refractivity contribution in [3.05, 3.63) is 30.0 Å². The van der Waals surface area contributed by atoms with Crippen LogP contribution in [0.3, 0.4) is 0 Å². The maximum Gasteiger partial charge on any atom is 0.204 e. The smallest absolute Gasteiger partial charge is 0.204 e. The molecule has 1 aromatic carbocycles. The van der Waals surface area contributed by atoms with Gasteiger partial charge in [0, 0.05) is 0 Å². The zero-order valence-corrected chi connectivity index (χ0v) is 11.5. The first-order valence-electron chi connectivity index (χ1n) is 6.70. The molecule has 0 atom stereocenters. The number of nitrogens with two attached hydrogens (primary N) is 1. The third kappa shape index (κ3) is 2.45. The Morgan fingerprint density at radius 2 is 2.05 bits per heavy atom. The van der Waals surface area contributed by atoms with Gasteiger partial charge in [-0.05, 0) is 30.9 Å². The van der Waals surface area contributed by atoms with E-state index in [1.165, 1.54) is 25.7 Å². The van der Waals surface area contributed by atoms with E-state index < -0.39 is 0 Å². The molecule has 1 fully saturated rings. The molecule has 0 aliphatic heterocycles. The maximum absolute atomic E-state index is 5.97. The van der Waals surface area contributed by atoms with Crippen LogP contribution in [-0.2, 0) is 0 Å². The van der Waals surface area contributed by atoms with E-state index in [4.69, 9.17) is 27.1 Å². The summed E-state index contributed by atoms with van der Waals surface area (Å²) in [6.07, 6.45) is 5.11. The Kier molecular flexibility index (Phi) is 3.42. The first kappa shape index (κ1) is 12.5. The maximum atomic E-state index is 5.97. The van der Waals surface area contributed by atoms with Crippen molar-refractivity contribution in [2.24, 2.45) is 11.7 Å². The van der Waals surface area contributed by atoms with Crippen LogP contribution in [0.1, 0.15) is 31.4 Å². The Morgan fingerprint density at radius 1 is 1.32 bits per heavy atom. The van der Waals surface area contributed by atoms with Gasteiger partial charge in [-0.1, -0.05) is 37.2 Å². The highest BCUT2D eigenvalue weighted by atomic mass is 32.1. The summed E-state index contributed by atoms with van der Waals surface area (Å²) in [4.78, 5) is 0.248. The Balaban J connectivity index is 1.90. The van der Waals surface area contributed by atoms with Crippen LogP contribution in [0.4, 0.5) is 0 Å². The van der Waals surface area contributed by atoms with Gasteiger partial charge >= 0.3 is 0 Å². The van der Waals surface area contributed by atoms with Crippen molar-refractivity contribution in [2.75, 3.05) is 6.61 Å². The molecule has 0 saturated heterocycles. The Labute approximate surface area is 117 Å². The Morgan fingerprint density at radius 3 is 2.79 bits per heavy atom. The quantitative estimate of drug-likeness (QED) is 0.865. The summed E-state index contributed by atoms with van der Waals surface area (Å²) in [6.45, 7) is 0.721. The fraction of sp³-hybridized carbons (Fsp3) is 0.400. The van der Waals surface area contributed by atoms with Gasteiger partial charge in [-0.3, -0.25) is 0 Å². The lowest BCUT2D eigenvalue weighted by Gasteiger charge is -2.11. The lowest BCUT2D eigenvalue weighted by molar-refractivity contribution is 0.251. The normalized spacial score (nSPS) is 16.0. The summed E-state index contributed by atoms with van der Waals surface area (Å²) in [6, 6.07) is 7.77. The molecule has 0 spiro atoms. The molecule has 0 radical (unpaired) electrons. The van der Waals surface area contributed by atoms with Crippen molar-refractivity contribution in [1.82, 2.24) is 0 Å². The fourth-order valence-corrected chi connectivity index (χ4v) is 2.84. The standard InChI is InChI=1S/C15H17NO2S/c16-15(19)14-13(17-9-10-5-1-2-6-10)11-7-3-4-8-12(11)18-14/h3-4,7-8,10H,1-2,5-6,9H2,(H2,16,19). The molecule has 0 amide bonds. The van der Waals surface area contributed by atoms with Gasteiger partial charge in [-0.25, -0.2) is 0 Å². The number of para-hydroxylation sites is 1. The Hall–Kier alpha value is -1.55. The monoisotopic (exact) mass is 275 g/mol. The predicted octanol–water partition coefficient (Wildman–Crippen LogP) is 3.64. The van der Waals surface area contributed by atoms with E-state index in [0.717, 1.165) is 17.6 Å². The molecule has 2 N–H and O–H groups in total. The molecule has 3 nitrogen and oxygen atoms in total. The van der Waals surface area contributed by atoms with E-state index in [2.05, 4.69) is 0 Å². The van der Waals surface area contributed by atoms with E-state index in [0.29, 0.717) is 17.4 Å². The zero-order chi connectivity index (χ0) is 13.2. The van der Waals surface area contributed by atoms with Crippen molar-refractivity contribution >= 4 is 28.2 Å². The molecule has 1 saturated carbocycles. The number of benzene rings is 1. The minimum Gasteiger partial charge on any atom is -0.488 e.